The predicted octanol–water partition coefficient (Wildman–Crippen LogP) is 3.62. The Morgan fingerprint density at radius 2 is 2.23 bits per heavy atom. The lowest BCUT2D eigenvalue weighted by molar-refractivity contribution is 0.481. The second kappa shape index (κ2) is 3.44. The van der Waals surface area contributed by atoms with E-state index in [1.165, 1.54) is 11.3 Å². The molecule has 1 N–H and O–H groups in total. The van der Waals surface area contributed by atoms with Crippen molar-refractivity contribution in [2.75, 3.05) is 6.26 Å². The molecule has 0 saturated heterocycles. The van der Waals surface area contributed by atoms with Gasteiger partial charge in [0, 0.05) is 20.6 Å². The first-order valence-corrected chi connectivity index (χ1v) is 6.24. The van der Waals surface area contributed by atoms with Crippen molar-refractivity contribution in [3.8, 4) is 5.75 Å². The summed E-state index contributed by atoms with van der Waals surface area (Å²) in [5, 5.41) is 12.6. The Morgan fingerprint density at radius 3 is 2.92 bits per heavy atom. The van der Waals surface area contributed by atoms with E-state index < -0.39 is 0 Å². The standard InChI is InChI=1S/C9H8OS3/c1-12-5-2-6-8(11)4-13-9(6)7(10)3-5/h2-4,10-11H,1H3. The third kappa shape index (κ3) is 1.54. The van der Waals surface area contributed by atoms with Gasteiger partial charge in [0.15, 0.2) is 0 Å². The van der Waals surface area contributed by atoms with Gasteiger partial charge in [-0.2, -0.15) is 0 Å². The molecule has 0 bridgehead atoms. The van der Waals surface area contributed by atoms with Gasteiger partial charge in [-0.05, 0) is 18.4 Å². The molecular formula is C9H8OS3. The van der Waals surface area contributed by atoms with Crippen molar-refractivity contribution in [2.45, 2.75) is 9.79 Å². The van der Waals surface area contributed by atoms with Gasteiger partial charge >= 0.3 is 0 Å². The van der Waals surface area contributed by atoms with Crippen LogP contribution >= 0.6 is 35.7 Å². The second-order valence-corrected chi connectivity index (χ2v) is 4.89. The molecular weight excluding hydrogens is 220 g/mol. The number of hydrogen-bond acceptors (Lipinski definition) is 4. The maximum atomic E-state index is 9.66. The van der Waals surface area contributed by atoms with Gasteiger partial charge in [-0.15, -0.1) is 35.7 Å². The molecule has 0 aliphatic rings. The molecule has 1 aromatic heterocycles. The van der Waals surface area contributed by atoms with Crippen LogP contribution in [0.25, 0.3) is 10.1 Å². The van der Waals surface area contributed by atoms with E-state index >= 15 is 0 Å². The van der Waals surface area contributed by atoms with Crippen LogP contribution in [0.5, 0.6) is 5.75 Å². The van der Waals surface area contributed by atoms with Gasteiger partial charge in [0.25, 0.3) is 0 Å². The number of hydrogen-bond donors (Lipinski definition) is 2. The summed E-state index contributed by atoms with van der Waals surface area (Å²) >= 11 is 7.47. The van der Waals surface area contributed by atoms with Crippen molar-refractivity contribution in [1.29, 1.82) is 0 Å². The molecule has 0 fully saturated rings. The van der Waals surface area contributed by atoms with E-state index in [0.29, 0.717) is 5.75 Å². The van der Waals surface area contributed by atoms with E-state index in [2.05, 4.69) is 18.7 Å². The number of rotatable bonds is 1. The SMILES string of the molecule is CSc1cc(O)c2scc(S)c2c1. The smallest absolute Gasteiger partial charge is 0.134 e. The molecule has 0 atom stereocenters. The van der Waals surface area contributed by atoms with Crippen LogP contribution in [-0.2, 0) is 0 Å². The molecule has 0 aliphatic heterocycles. The van der Waals surface area contributed by atoms with Crippen LogP contribution in [0.4, 0.5) is 0 Å². The van der Waals surface area contributed by atoms with Crippen LogP contribution in [0.1, 0.15) is 0 Å². The molecule has 4 heteroatoms. The second-order valence-electron chi connectivity index (χ2n) is 2.64. The minimum absolute atomic E-state index is 0.354. The van der Waals surface area contributed by atoms with Gasteiger partial charge in [0.2, 0.25) is 0 Å². The zero-order chi connectivity index (χ0) is 9.42. The molecule has 2 aromatic rings. The molecule has 2 rings (SSSR count). The highest BCUT2D eigenvalue weighted by Crippen LogP contribution is 2.37. The van der Waals surface area contributed by atoms with Crippen LogP contribution in [0.2, 0.25) is 0 Å². The van der Waals surface area contributed by atoms with Gasteiger partial charge in [-0.25, -0.2) is 0 Å². The third-order valence-corrected chi connectivity index (χ3v) is 4.11. The lowest BCUT2D eigenvalue weighted by Crippen LogP contribution is -1.71. The highest BCUT2D eigenvalue weighted by atomic mass is 32.2. The Balaban J connectivity index is 2.80. The highest BCUT2D eigenvalue weighted by molar-refractivity contribution is 7.98. The monoisotopic (exact) mass is 228 g/mol. The van der Waals surface area contributed by atoms with Crippen molar-refractivity contribution >= 4 is 45.8 Å². The van der Waals surface area contributed by atoms with Gasteiger partial charge in [0.05, 0.1) is 4.70 Å². The average Bonchev–Trinajstić information content (AvgIpc) is 2.48. The van der Waals surface area contributed by atoms with E-state index in [-0.39, 0.29) is 0 Å². The third-order valence-electron chi connectivity index (χ3n) is 1.84. The average molecular weight is 228 g/mol. The minimum atomic E-state index is 0.354. The van der Waals surface area contributed by atoms with Crippen LogP contribution < -0.4 is 0 Å². The number of aromatic hydroxyl groups is 1. The van der Waals surface area contributed by atoms with Crippen molar-refractivity contribution in [3.63, 3.8) is 0 Å². The molecule has 0 radical (unpaired) electrons. The van der Waals surface area contributed by atoms with Crippen LogP contribution in [0.3, 0.4) is 0 Å². The van der Waals surface area contributed by atoms with Crippen LogP contribution in [0, 0.1) is 0 Å². The first kappa shape index (κ1) is 9.24. The number of benzene rings is 1. The first-order valence-electron chi connectivity index (χ1n) is 3.69. The summed E-state index contributed by atoms with van der Waals surface area (Å²) < 4.78 is 0.919. The lowest BCUT2D eigenvalue weighted by atomic mass is 10.2. The fourth-order valence-corrected chi connectivity index (χ4v) is 2.91. The van der Waals surface area contributed by atoms with Crippen LogP contribution in [0.15, 0.2) is 27.3 Å². The maximum absolute atomic E-state index is 9.66. The molecule has 0 unspecified atom stereocenters. The van der Waals surface area contributed by atoms with E-state index in [0.717, 1.165) is 19.9 Å². The summed E-state index contributed by atoms with van der Waals surface area (Å²) in [6, 6.07) is 3.84. The maximum Gasteiger partial charge on any atom is 0.134 e. The summed E-state index contributed by atoms with van der Waals surface area (Å²) in [7, 11) is 0. The quantitative estimate of drug-likeness (QED) is 0.574. The van der Waals surface area contributed by atoms with Crippen LogP contribution in [-0.4, -0.2) is 11.4 Å². The number of thiol groups is 1. The number of thiophene rings is 1. The highest BCUT2D eigenvalue weighted by Gasteiger charge is 2.06. The molecule has 0 saturated carbocycles. The molecule has 0 aliphatic carbocycles. The number of thioether (sulfide) groups is 1. The van der Waals surface area contributed by atoms with Gasteiger partial charge in [-0.1, -0.05) is 0 Å². The molecule has 0 spiro atoms. The summed E-state index contributed by atoms with van der Waals surface area (Å²) in [4.78, 5) is 2.00. The lowest BCUT2D eigenvalue weighted by Gasteiger charge is -1.99. The first-order chi connectivity index (χ1) is 6.22. The van der Waals surface area contributed by atoms with E-state index in [4.69, 9.17) is 0 Å². The largest absolute Gasteiger partial charge is 0.506 e. The van der Waals surface area contributed by atoms with Crippen molar-refractivity contribution < 1.29 is 5.11 Å². The Hall–Kier alpha value is -0.320. The zero-order valence-corrected chi connectivity index (χ0v) is 9.47. The molecule has 1 nitrogen and oxygen atoms in total. The van der Waals surface area contributed by atoms with Crippen molar-refractivity contribution in [3.05, 3.63) is 17.5 Å². The van der Waals surface area contributed by atoms with Gasteiger partial charge < -0.3 is 5.11 Å². The Labute approximate surface area is 90.2 Å². The predicted molar refractivity (Wildman–Crippen MR) is 62.5 cm³/mol. The Bertz CT molecular complexity index is 447. The summed E-state index contributed by atoms with van der Waals surface area (Å²) in [5.41, 5.74) is 0. The normalized spacial score (nSPS) is 10.9. The molecule has 0 amide bonds. The van der Waals surface area contributed by atoms with E-state index in [1.54, 1.807) is 17.8 Å². The van der Waals surface area contributed by atoms with E-state index in [1.807, 2.05) is 11.6 Å². The van der Waals surface area contributed by atoms with Crippen molar-refractivity contribution in [2.24, 2.45) is 0 Å². The molecule has 1 heterocycles. The topological polar surface area (TPSA) is 20.2 Å². The minimum Gasteiger partial charge on any atom is -0.506 e. The molecule has 13 heavy (non-hydrogen) atoms. The summed E-state index contributed by atoms with van der Waals surface area (Å²) in [5.74, 6) is 0.354. The Morgan fingerprint density at radius 1 is 1.46 bits per heavy atom. The summed E-state index contributed by atoms with van der Waals surface area (Å²) in [6.45, 7) is 0. The van der Waals surface area contributed by atoms with Gasteiger partial charge in [0.1, 0.15) is 5.75 Å². The van der Waals surface area contributed by atoms with Crippen molar-refractivity contribution in [1.82, 2.24) is 0 Å². The Kier molecular flexibility index (Phi) is 2.45. The number of phenols is 1. The number of fused-ring (bicyclic) bond motifs is 1. The van der Waals surface area contributed by atoms with Gasteiger partial charge in [-0.3, -0.25) is 0 Å². The summed E-state index contributed by atoms with van der Waals surface area (Å²) in [6.07, 6.45) is 1.99. The fraction of sp³-hybridized carbons (Fsp3) is 0.111. The molecule has 68 valence electrons. The number of phenolic OH excluding ortho intramolecular Hbond substituents is 1. The zero-order valence-electron chi connectivity index (χ0n) is 6.94. The fourth-order valence-electron chi connectivity index (χ4n) is 1.20. The molecule has 1 aromatic carbocycles. The van der Waals surface area contributed by atoms with E-state index in [9.17, 15) is 5.11 Å².